The molecule has 32 heavy (non-hydrogen) atoms. The highest BCUT2D eigenvalue weighted by atomic mass is 32.2. The molecule has 0 aliphatic carbocycles. The number of rotatable bonds is 7. The van der Waals surface area contributed by atoms with E-state index in [2.05, 4.69) is 19.6 Å². The van der Waals surface area contributed by atoms with Crippen molar-refractivity contribution in [2.24, 2.45) is 0 Å². The van der Waals surface area contributed by atoms with Gasteiger partial charge in [0.2, 0.25) is 5.88 Å². The number of benzene rings is 2. The molecule has 11 heteroatoms. The Balaban J connectivity index is 1.58. The summed E-state index contributed by atoms with van der Waals surface area (Å²) < 4.78 is 46.0. The highest BCUT2D eigenvalue weighted by Gasteiger charge is 2.33. The van der Waals surface area contributed by atoms with Crippen LogP contribution in [0.1, 0.15) is 24.1 Å². The zero-order valence-electron chi connectivity index (χ0n) is 17.1. The van der Waals surface area contributed by atoms with Gasteiger partial charge in [0.15, 0.2) is 17.4 Å². The van der Waals surface area contributed by atoms with Gasteiger partial charge in [0.1, 0.15) is 5.75 Å². The molecule has 1 aliphatic heterocycles. The average molecular weight is 459 g/mol. The molecule has 1 atom stereocenters. The van der Waals surface area contributed by atoms with Crippen molar-refractivity contribution in [2.75, 3.05) is 11.8 Å². The third-order valence-corrected chi connectivity index (χ3v) is 5.38. The van der Waals surface area contributed by atoms with Crippen molar-refractivity contribution in [3.05, 3.63) is 71.4 Å². The van der Waals surface area contributed by atoms with Gasteiger partial charge in [-0.1, -0.05) is 12.1 Å². The quantitative estimate of drug-likeness (QED) is 0.487. The Bertz CT molecular complexity index is 1140. The summed E-state index contributed by atoms with van der Waals surface area (Å²) in [6.45, 7) is 1.67. The van der Waals surface area contributed by atoms with Crippen LogP contribution in [0.4, 0.5) is 19.3 Å². The molecule has 1 unspecified atom stereocenters. The van der Waals surface area contributed by atoms with Crippen LogP contribution in [-0.2, 0) is 6.54 Å². The van der Waals surface area contributed by atoms with Crippen LogP contribution in [0.2, 0.25) is 0 Å². The number of carbonyl (C=O) groups is 1. The summed E-state index contributed by atoms with van der Waals surface area (Å²) in [4.78, 5) is 14.0. The Labute approximate surface area is 187 Å². The predicted octanol–water partition coefficient (Wildman–Crippen LogP) is 4.82. The summed E-state index contributed by atoms with van der Waals surface area (Å²) in [5.74, 6) is -1.02. The number of halogens is 2. The standard InChI is InChI=1S/C21H19F2N5O3S/c1-12-14-9-15(22)18(30-19-7-4-8-25-26-19)10-17(14)31-21(29)28(12)11-13-5-3-6-16(20(13)23)27-32-24-2/h3-10,12,24,27H,11H2,1-2H3. The molecule has 166 valence electrons. The van der Waals surface area contributed by atoms with E-state index in [1.165, 1.54) is 29.3 Å². The number of amides is 1. The van der Waals surface area contributed by atoms with Crippen LogP contribution in [0.25, 0.3) is 0 Å². The smallest absolute Gasteiger partial charge is 0.416 e. The molecule has 8 nitrogen and oxygen atoms in total. The molecular weight excluding hydrogens is 440 g/mol. The number of nitrogens with zero attached hydrogens (tertiary/aromatic N) is 3. The van der Waals surface area contributed by atoms with Gasteiger partial charge in [0.25, 0.3) is 0 Å². The summed E-state index contributed by atoms with van der Waals surface area (Å²) in [5, 5.41) is 7.42. The molecule has 2 aromatic carbocycles. The number of anilines is 1. The van der Waals surface area contributed by atoms with E-state index in [1.807, 2.05) is 0 Å². The van der Waals surface area contributed by atoms with E-state index in [0.717, 1.165) is 12.1 Å². The third-order valence-electron chi connectivity index (χ3n) is 4.86. The first-order chi connectivity index (χ1) is 15.5. The van der Waals surface area contributed by atoms with Gasteiger partial charge in [-0.05, 0) is 32.2 Å². The maximum absolute atomic E-state index is 14.9. The van der Waals surface area contributed by atoms with Crippen molar-refractivity contribution in [1.29, 1.82) is 0 Å². The molecule has 0 bridgehead atoms. The van der Waals surface area contributed by atoms with E-state index in [0.29, 0.717) is 11.1 Å². The average Bonchev–Trinajstić information content (AvgIpc) is 2.79. The van der Waals surface area contributed by atoms with Crippen molar-refractivity contribution >= 4 is 23.9 Å². The van der Waals surface area contributed by atoms with Gasteiger partial charge in [0, 0.05) is 41.6 Å². The number of hydrogen-bond acceptors (Lipinski definition) is 8. The van der Waals surface area contributed by atoms with E-state index < -0.39 is 23.8 Å². The fraction of sp³-hybridized carbons (Fsp3) is 0.190. The molecule has 2 N–H and O–H groups in total. The molecule has 0 radical (unpaired) electrons. The van der Waals surface area contributed by atoms with Crippen molar-refractivity contribution in [3.63, 3.8) is 0 Å². The SMILES string of the molecule is CNSNc1cccc(CN2C(=O)Oc3cc(Oc4cccnn4)c(F)cc3C2C)c1F. The van der Waals surface area contributed by atoms with Crippen molar-refractivity contribution in [3.8, 4) is 17.4 Å². The lowest BCUT2D eigenvalue weighted by Crippen LogP contribution is -2.39. The van der Waals surface area contributed by atoms with Crippen LogP contribution in [-0.4, -0.2) is 28.2 Å². The van der Waals surface area contributed by atoms with Gasteiger partial charge >= 0.3 is 6.09 Å². The lowest BCUT2D eigenvalue weighted by molar-refractivity contribution is 0.116. The fourth-order valence-electron chi connectivity index (χ4n) is 3.25. The second-order valence-electron chi connectivity index (χ2n) is 6.84. The van der Waals surface area contributed by atoms with E-state index in [9.17, 15) is 13.6 Å². The van der Waals surface area contributed by atoms with Crippen LogP contribution in [0.15, 0.2) is 48.7 Å². The number of ether oxygens (including phenoxy) is 2. The Hall–Kier alpha value is -3.44. The van der Waals surface area contributed by atoms with Gasteiger partial charge in [-0.25, -0.2) is 18.3 Å². The Morgan fingerprint density at radius 3 is 2.84 bits per heavy atom. The first-order valence-corrected chi connectivity index (χ1v) is 10.4. The van der Waals surface area contributed by atoms with Crippen molar-refractivity contribution in [2.45, 2.75) is 19.5 Å². The van der Waals surface area contributed by atoms with Crippen LogP contribution in [0.5, 0.6) is 17.4 Å². The monoisotopic (exact) mass is 459 g/mol. The Morgan fingerprint density at radius 2 is 2.09 bits per heavy atom. The number of hydrogen-bond donors (Lipinski definition) is 2. The molecule has 1 amide bonds. The summed E-state index contributed by atoms with van der Waals surface area (Å²) in [5.41, 5.74) is 1.01. The molecule has 0 spiro atoms. The van der Waals surface area contributed by atoms with Gasteiger partial charge in [0.05, 0.1) is 18.3 Å². The number of nitrogens with one attached hydrogen (secondary N) is 2. The Morgan fingerprint density at radius 1 is 1.25 bits per heavy atom. The van der Waals surface area contributed by atoms with Gasteiger partial charge < -0.3 is 14.2 Å². The first kappa shape index (κ1) is 21.8. The minimum Gasteiger partial charge on any atom is -0.434 e. The normalized spacial score (nSPS) is 15.2. The number of fused-ring (bicyclic) bond motifs is 1. The molecule has 1 aromatic heterocycles. The highest BCUT2D eigenvalue weighted by Crippen LogP contribution is 2.40. The fourth-order valence-corrected chi connectivity index (χ4v) is 3.62. The largest absolute Gasteiger partial charge is 0.434 e. The molecule has 1 aliphatic rings. The Kier molecular flexibility index (Phi) is 6.37. The molecule has 0 saturated carbocycles. The summed E-state index contributed by atoms with van der Waals surface area (Å²) in [6, 6.07) is 9.95. The summed E-state index contributed by atoms with van der Waals surface area (Å²) >= 11 is 1.12. The van der Waals surface area contributed by atoms with E-state index >= 15 is 0 Å². The maximum atomic E-state index is 14.9. The second kappa shape index (κ2) is 9.37. The first-order valence-electron chi connectivity index (χ1n) is 9.61. The minimum atomic E-state index is -0.676. The molecule has 0 fully saturated rings. The summed E-state index contributed by atoms with van der Waals surface area (Å²) in [6.07, 6.45) is 0.784. The topological polar surface area (TPSA) is 88.6 Å². The predicted molar refractivity (Wildman–Crippen MR) is 115 cm³/mol. The lowest BCUT2D eigenvalue weighted by Gasteiger charge is -2.34. The van der Waals surface area contributed by atoms with Crippen LogP contribution in [0.3, 0.4) is 0 Å². The highest BCUT2D eigenvalue weighted by molar-refractivity contribution is 7.98. The number of aromatic nitrogens is 2. The van der Waals surface area contributed by atoms with Crippen LogP contribution in [0, 0.1) is 11.6 Å². The van der Waals surface area contributed by atoms with E-state index in [-0.39, 0.29) is 29.6 Å². The molecule has 0 saturated heterocycles. The summed E-state index contributed by atoms with van der Waals surface area (Å²) in [7, 11) is 1.70. The number of carbonyl (C=O) groups excluding carboxylic acids is 1. The molecule has 4 rings (SSSR count). The minimum absolute atomic E-state index is 0.0511. The third kappa shape index (κ3) is 4.43. The van der Waals surface area contributed by atoms with Gasteiger partial charge in [-0.15, -0.1) is 5.10 Å². The molecule has 3 aromatic rings. The molecule has 2 heterocycles. The zero-order chi connectivity index (χ0) is 22.7. The second-order valence-corrected chi connectivity index (χ2v) is 7.66. The van der Waals surface area contributed by atoms with E-state index in [1.54, 1.807) is 38.2 Å². The van der Waals surface area contributed by atoms with Crippen molar-refractivity contribution < 1.29 is 23.0 Å². The molecular formula is C21H19F2N5O3S. The van der Waals surface area contributed by atoms with Gasteiger partial charge in [-0.3, -0.25) is 4.90 Å². The van der Waals surface area contributed by atoms with Crippen LogP contribution < -0.4 is 18.9 Å². The maximum Gasteiger partial charge on any atom is 0.416 e. The van der Waals surface area contributed by atoms with Gasteiger partial charge in [-0.2, -0.15) is 5.10 Å². The van der Waals surface area contributed by atoms with Crippen molar-refractivity contribution in [1.82, 2.24) is 19.8 Å². The zero-order valence-corrected chi connectivity index (χ0v) is 18.0. The van der Waals surface area contributed by atoms with E-state index in [4.69, 9.17) is 9.47 Å². The lowest BCUT2D eigenvalue weighted by atomic mass is 10.0. The van der Waals surface area contributed by atoms with Crippen LogP contribution >= 0.6 is 12.1 Å².